The summed E-state index contributed by atoms with van der Waals surface area (Å²) in [7, 11) is 0. The second-order valence-electron chi connectivity index (χ2n) is 7.94. The molecule has 0 bridgehead atoms. The molecule has 1 aliphatic rings. The van der Waals surface area contributed by atoms with Gasteiger partial charge in [-0.1, -0.05) is 39.3 Å². The average molecular weight is 346 g/mol. The molecule has 0 spiro atoms. The van der Waals surface area contributed by atoms with Crippen LogP contribution in [-0.2, 0) is 0 Å². The van der Waals surface area contributed by atoms with Gasteiger partial charge < -0.3 is 16.0 Å². The van der Waals surface area contributed by atoms with Crippen LogP contribution in [0.15, 0.2) is 18.0 Å². The summed E-state index contributed by atoms with van der Waals surface area (Å²) >= 11 is 0. The summed E-state index contributed by atoms with van der Waals surface area (Å²) in [5.74, 6) is 2.74. The number of nitrogens with two attached hydrogens (primary N) is 1. The average Bonchev–Trinajstić information content (AvgIpc) is 2.56. The van der Waals surface area contributed by atoms with E-state index in [0.717, 1.165) is 37.7 Å². The number of hydrogen-bond donors (Lipinski definition) is 2. The summed E-state index contributed by atoms with van der Waals surface area (Å²) in [5, 5.41) is 3.42. The largest absolute Gasteiger partial charge is 0.393 e. The predicted molar refractivity (Wildman–Crippen MR) is 108 cm³/mol. The molecular weight excluding hydrogens is 310 g/mol. The highest BCUT2D eigenvalue weighted by molar-refractivity contribution is 5.74. The van der Waals surface area contributed by atoms with Crippen LogP contribution in [0.1, 0.15) is 59.8 Å². The van der Waals surface area contributed by atoms with Crippen molar-refractivity contribution in [1.82, 2.24) is 9.97 Å². The summed E-state index contributed by atoms with van der Waals surface area (Å²) in [6, 6.07) is 0. The molecule has 0 aromatic carbocycles. The molecule has 1 heterocycles. The summed E-state index contributed by atoms with van der Waals surface area (Å²) in [4.78, 5) is 11.1. The number of rotatable bonds is 9. The summed E-state index contributed by atoms with van der Waals surface area (Å²) in [6.45, 7) is 11.7. The number of anilines is 3. The van der Waals surface area contributed by atoms with Gasteiger partial charge in [-0.25, -0.2) is 9.97 Å². The van der Waals surface area contributed by atoms with Gasteiger partial charge in [0.1, 0.15) is 12.0 Å². The van der Waals surface area contributed by atoms with Gasteiger partial charge in [-0.15, -0.1) is 0 Å². The first-order chi connectivity index (χ1) is 12.0. The van der Waals surface area contributed by atoms with Crippen molar-refractivity contribution >= 4 is 17.3 Å². The van der Waals surface area contributed by atoms with Gasteiger partial charge in [0.25, 0.3) is 0 Å². The zero-order valence-corrected chi connectivity index (χ0v) is 16.4. The van der Waals surface area contributed by atoms with E-state index in [2.05, 4.69) is 54.0 Å². The number of nitrogens with zero attached hydrogens (tertiary/aromatic N) is 3. The second kappa shape index (κ2) is 9.64. The van der Waals surface area contributed by atoms with E-state index in [0.29, 0.717) is 17.5 Å². The maximum absolute atomic E-state index is 6.41. The van der Waals surface area contributed by atoms with Crippen LogP contribution in [0.25, 0.3) is 0 Å². The van der Waals surface area contributed by atoms with Crippen LogP contribution in [0.2, 0.25) is 0 Å². The van der Waals surface area contributed by atoms with E-state index in [4.69, 9.17) is 5.73 Å². The van der Waals surface area contributed by atoms with Crippen molar-refractivity contribution in [3.63, 3.8) is 0 Å². The quantitative estimate of drug-likeness (QED) is 0.646. The first-order valence-corrected chi connectivity index (χ1v) is 9.74. The minimum Gasteiger partial charge on any atom is -0.393 e. The molecule has 0 saturated heterocycles. The van der Waals surface area contributed by atoms with Gasteiger partial charge in [-0.3, -0.25) is 0 Å². The maximum atomic E-state index is 6.41. The lowest BCUT2D eigenvalue weighted by molar-refractivity contribution is 0.549. The monoisotopic (exact) mass is 345 g/mol. The van der Waals surface area contributed by atoms with Crippen molar-refractivity contribution in [2.45, 2.75) is 59.8 Å². The van der Waals surface area contributed by atoms with Gasteiger partial charge in [-0.05, 0) is 43.9 Å². The molecule has 1 aromatic rings. The van der Waals surface area contributed by atoms with Gasteiger partial charge in [0.2, 0.25) is 0 Å². The number of nitrogens with one attached hydrogen (secondary N) is 1. The van der Waals surface area contributed by atoms with Crippen LogP contribution < -0.4 is 16.0 Å². The Labute approximate surface area is 153 Å². The van der Waals surface area contributed by atoms with E-state index in [9.17, 15) is 0 Å². The molecule has 0 atom stereocenters. The molecule has 0 saturated carbocycles. The van der Waals surface area contributed by atoms with Crippen LogP contribution in [0.3, 0.4) is 0 Å². The van der Waals surface area contributed by atoms with Crippen LogP contribution >= 0.6 is 0 Å². The highest BCUT2D eigenvalue weighted by Gasteiger charge is 2.17. The van der Waals surface area contributed by atoms with E-state index in [1.165, 1.54) is 25.7 Å². The Hall–Kier alpha value is -1.78. The van der Waals surface area contributed by atoms with Gasteiger partial charge in [0.15, 0.2) is 11.6 Å². The molecule has 25 heavy (non-hydrogen) atoms. The molecule has 0 amide bonds. The van der Waals surface area contributed by atoms with Crippen molar-refractivity contribution < 1.29 is 0 Å². The first kappa shape index (κ1) is 19.5. The van der Waals surface area contributed by atoms with Crippen molar-refractivity contribution in [3.05, 3.63) is 18.0 Å². The normalized spacial score (nSPS) is 14.7. The Morgan fingerprint density at radius 1 is 1.12 bits per heavy atom. The van der Waals surface area contributed by atoms with E-state index in [1.807, 2.05) is 0 Å². The van der Waals surface area contributed by atoms with Crippen molar-refractivity contribution in [3.8, 4) is 0 Å². The molecule has 5 heteroatoms. The van der Waals surface area contributed by atoms with Crippen LogP contribution in [0.5, 0.6) is 0 Å². The minimum absolute atomic E-state index is 0.558. The molecule has 0 radical (unpaired) electrons. The standard InChI is InChI=1S/C20H35N5/c1-15(2)12-25(13-16(3)4)20-18(21)19(23-14-24-20)22-11-10-17-8-6-5-7-9-17/h8,14-16H,5-7,9-13,21H2,1-4H3,(H,22,23,24). The number of allylic oxidation sites excluding steroid dienone is 1. The summed E-state index contributed by atoms with van der Waals surface area (Å²) in [6.07, 6.45) is 10.2. The Kier molecular flexibility index (Phi) is 7.53. The molecule has 140 valence electrons. The Balaban J connectivity index is 2.04. The fourth-order valence-electron chi connectivity index (χ4n) is 3.38. The van der Waals surface area contributed by atoms with E-state index < -0.39 is 0 Å². The fourth-order valence-corrected chi connectivity index (χ4v) is 3.38. The zero-order chi connectivity index (χ0) is 18.2. The third-order valence-corrected chi connectivity index (χ3v) is 4.46. The molecule has 5 nitrogen and oxygen atoms in total. The van der Waals surface area contributed by atoms with Crippen LogP contribution in [0.4, 0.5) is 17.3 Å². The number of nitrogen functional groups attached to an aromatic ring is 1. The lowest BCUT2D eigenvalue weighted by Crippen LogP contribution is -2.33. The van der Waals surface area contributed by atoms with Crippen LogP contribution in [-0.4, -0.2) is 29.6 Å². The molecule has 1 aromatic heterocycles. The zero-order valence-electron chi connectivity index (χ0n) is 16.4. The molecule has 2 rings (SSSR count). The van der Waals surface area contributed by atoms with Crippen molar-refractivity contribution in [2.75, 3.05) is 35.6 Å². The molecule has 0 unspecified atom stereocenters. The SMILES string of the molecule is CC(C)CN(CC(C)C)c1ncnc(NCCC2=CCCCC2)c1N. The molecule has 1 aliphatic carbocycles. The summed E-state index contributed by atoms with van der Waals surface area (Å²) < 4.78 is 0. The minimum atomic E-state index is 0.558. The van der Waals surface area contributed by atoms with E-state index >= 15 is 0 Å². The highest BCUT2D eigenvalue weighted by atomic mass is 15.2. The van der Waals surface area contributed by atoms with Gasteiger partial charge in [0.05, 0.1) is 0 Å². The Morgan fingerprint density at radius 3 is 2.44 bits per heavy atom. The molecule has 0 fully saturated rings. The molecular formula is C20H35N5. The van der Waals surface area contributed by atoms with Crippen molar-refractivity contribution in [2.24, 2.45) is 11.8 Å². The predicted octanol–water partition coefficient (Wildman–Crippen LogP) is 4.48. The number of hydrogen-bond acceptors (Lipinski definition) is 5. The van der Waals surface area contributed by atoms with E-state index in [1.54, 1.807) is 11.9 Å². The van der Waals surface area contributed by atoms with Gasteiger partial charge in [0, 0.05) is 19.6 Å². The molecule has 3 N–H and O–H groups in total. The topological polar surface area (TPSA) is 67.1 Å². The Morgan fingerprint density at radius 2 is 1.84 bits per heavy atom. The lowest BCUT2D eigenvalue weighted by atomic mass is 9.97. The third-order valence-electron chi connectivity index (χ3n) is 4.46. The molecule has 0 aliphatic heterocycles. The lowest BCUT2D eigenvalue weighted by Gasteiger charge is -2.28. The van der Waals surface area contributed by atoms with Gasteiger partial charge >= 0.3 is 0 Å². The van der Waals surface area contributed by atoms with Crippen LogP contribution in [0, 0.1) is 11.8 Å². The first-order valence-electron chi connectivity index (χ1n) is 9.74. The third kappa shape index (κ3) is 6.22. The highest BCUT2D eigenvalue weighted by Crippen LogP contribution is 2.28. The fraction of sp³-hybridized carbons (Fsp3) is 0.700. The van der Waals surface area contributed by atoms with Gasteiger partial charge in [-0.2, -0.15) is 0 Å². The summed E-state index contributed by atoms with van der Waals surface area (Å²) in [5.41, 5.74) is 8.64. The van der Waals surface area contributed by atoms with E-state index in [-0.39, 0.29) is 0 Å². The smallest absolute Gasteiger partial charge is 0.157 e. The Bertz CT molecular complexity index is 555. The maximum Gasteiger partial charge on any atom is 0.157 e. The van der Waals surface area contributed by atoms with Crippen molar-refractivity contribution in [1.29, 1.82) is 0 Å². The second-order valence-corrected chi connectivity index (χ2v) is 7.94. The number of aromatic nitrogens is 2.